The predicted molar refractivity (Wildman–Crippen MR) is 128 cm³/mol. The normalized spacial score (nSPS) is 10.7. The molecule has 0 fully saturated rings. The number of imidazole rings is 1. The third-order valence-electron chi connectivity index (χ3n) is 5.02. The number of halogens is 4. The molecule has 0 radical (unpaired) electrons. The van der Waals surface area contributed by atoms with Gasteiger partial charge in [0.1, 0.15) is 19.0 Å². The van der Waals surface area contributed by atoms with Crippen LogP contribution in [0.25, 0.3) is 0 Å². The zero-order chi connectivity index (χ0) is 22.6. The van der Waals surface area contributed by atoms with E-state index >= 15 is 0 Å². The molecule has 0 aliphatic rings. The summed E-state index contributed by atoms with van der Waals surface area (Å²) in [7, 11) is 0. The van der Waals surface area contributed by atoms with Gasteiger partial charge in [0, 0.05) is 11.6 Å². The van der Waals surface area contributed by atoms with Gasteiger partial charge in [0.2, 0.25) is 0 Å². The van der Waals surface area contributed by atoms with Crippen LogP contribution in [0.3, 0.4) is 0 Å². The van der Waals surface area contributed by atoms with Crippen molar-refractivity contribution in [2.24, 2.45) is 0 Å². The summed E-state index contributed by atoms with van der Waals surface area (Å²) in [6, 6.07) is 3.10. The zero-order valence-corrected chi connectivity index (χ0v) is 22.7. The van der Waals surface area contributed by atoms with Gasteiger partial charge in [-0.05, 0) is 31.4 Å². The predicted octanol–water partition coefficient (Wildman–Crippen LogP) is 3.86. The second-order valence-corrected chi connectivity index (χ2v) is 8.89. The van der Waals surface area contributed by atoms with Gasteiger partial charge in [0.15, 0.2) is 5.75 Å². The maximum atomic E-state index is 13.0. The maximum Gasteiger partial charge on any atom is 0.415 e. The molecule has 0 saturated heterocycles. The van der Waals surface area contributed by atoms with Crippen LogP contribution in [-0.2, 0) is 6.54 Å². The molecule has 0 aliphatic heterocycles. The van der Waals surface area contributed by atoms with Crippen LogP contribution in [0.4, 0.5) is 4.79 Å². The number of hydrogen-bond acceptors (Lipinski definition) is 2. The number of aryl methyl sites for hydroxylation is 1. The van der Waals surface area contributed by atoms with Crippen LogP contribution in [0.15, 0.2) is 30.9 Å². The number of hydrogen-bond donors (Lipinski definition) is 0. The summed E-state index contributed by atoms with van der Waals surface area (Å²) in [6.07, 6.45) is 14.0. The molecule has 2 aromatic rings. The summed E-state index contributed by atoms with van der Waals surface area (Å²) in [4.78, 5) is 14.7. The summed E-state index contributed by atoms with van der Waals surface area (Å²) in [5, 5.41) is 1.16. The molecule has 2 rings (SSSR count). The Morgan fingerprint density at radius 3 is 2.31 bits per heavy atom. The Morgan fingerprint density at radius 1 is 1.00 bits per heavy atom. The first kappa shape index (κ1) is 29.1. The van der Waals surface area contributed by atoms with E-state index in [1.165, 1.54) is 32.1 Å². The minimum absolute atomic E-state index is 0. The summed E-state index contributed by atoms with van der Waals surface area (Å²) in [5.41, 5.74) is 0. The number of carbonyl (C=O) groups excluding carboxylic acids is 1. The Balaban J connectivity index is 0.00000512. The first-order valence-corrected chi connectivity index (χ1v) is 12.2. The van der Waals surface area contributed by atoms with Crippen molar-refractivity contribution in [3.05, 3.63) is 45.9 Å². The Morgan fingerprint density at radius 2 is 1.66 bits per heavy atom. The summed E-state index contributed by atoms with van der Waals surface area (Å²) < 4.78 is 9.46. The van der Waals surface area contributed by atoms with E-state index in [9.17, 15) is 4.79 Å². The summed E-state index contributed by atoms with van der Waals surface area (Å²) >= 11 is 18.3. The molecule has 1 aromatic carbocycles. The largest absolute Gasteiger partial charge is 1.00 e. The summed E-state index contributed by atoms with van der Waals surface area (Å²) in [5.74, 6) is 0.384. The van der Waals surface area contributed by atoms with Crippen molar-refractivity contribution in [2.45, 2.75) is 65.3 Å². The van der Waals surface area contributed by atoms with E-state index in [0.29, 0.717) is 33.9 Å². The average molecular weight is 570 g/mol. The molecule has 0 atom stereocenters. The van der Waals surface area contributed by atoms with E-state index < -0.39 is 0 Å². The lowest BCUT2D eigenvalue weighted by atomic mass is 10.1. The third kappa shape index (κ3) is 9.50. The lowest BCUT2D eigenvalue weighted by Crippen LogP contribution is -3.00. The average Bonchev–Trinajstić information content (AvgIpc) is 3.20. The Kier molecular flexibility index (Phi) is 14.4. The fraction of sp³-hybridized carbons (Fsp3) is 0.565. The molecule has 0 saturated carbocycles. The lowest BCUT2D eigenvalue weighted by molar-refractivity contribution is -0.696. The topological polar surface area (TPSA) is 38.3 Å². The van der Waals surface area contributed by atoms with Crippen LogP contribution in [0.1, 0.15) is 58.8 Å². The molecule has 5 nitrogen and oxygen atoms in total. The van der Waals surface area contributed by atoms with Gasteiger partial charge in [-0.3, -0.25) is 0 Å². The fourth-order valence-corrected chi connectivity index (χ4v) is 4.30. The highest BCUT2D eigenvalue weighted by Gasteiger charge is 2.21. The van der Waals surface area contributed by atoms with Crippen molar-refractivity contribution in [3.63, 3.8) is 0 Å². The zero-order valence-electron chi connectivity index (χ0n) is 18.8. The molecule has 0 spiro atoms. The smallest absolute Gasteiger partial charge is 0.415 e. The van der Waals surface area contributed by atoms with Crippen LogP contribution < -0.4 is 26.3 Å². The number of nitrogens with zero attached hydrogens (tertiary/aromatic N) is 3. The highest BCUT2D eigenvalue weighted by Crippen LogP contribution is 2.35. The molecule has 0 aliphatic carbocycles. The van der Waals surface area contributed by atoms with Crippen molar-refractivity contribution in [3.8, 4) is 5.75 Å². The number of aromatic nitrogens is 2. The van der Waals surface area contributed by atoms with Gasteiger partial charge in [-0.1, -0.05) is 74.3 Å². The number of amides is 1. The van der Waals surface area contributed by atoms with Crippen LogP contribution >= 0.6 is 34.8 Å². The standard InChI is InChI=1S/C23H33Cl3N3O2.BrH/c1-3-5-6-7-8-9-11-27-12-13-29(18-27)23(30)28(10-4-2)14-15-31-22-20(25)16-19(24)17-21(22)26;/h12-13,16-18H,3-11,14-15H2,1-2H3;1H/q+1;/p-1. The monoisotopic (exact) mass is 567 g/mol. The van der Waals surface area contributed by atoms with Gasteiger partial charge in [0.25, 0.3) is 6.33 Å². The Labute approximate surface area is 217 Å². The summed E-state index contributed by atoms with van der Waals surface area (Å²) in [6.45, 7) is 6.55. The van der Waals surface area contributed by atoms with Gasteiger partial charge in [-0.25, -0.2) is 9.36 Å². The van der Waals surface area contributed by atoms with Crippen LogP contribution in [-0.4, -0.2) is 35.2 Å². The first-order chi connectivity index (χ1) is 15.0. The van der Waals surface area contributed by atoms with Gasteiger partial charge < -0.3 is 26.6 Å². The third-order valence-corrected chi connectivity index (χ3v) is 5.80. The second-order valence-electron chi connectivity index (χ2n) is 7.64. The molecule has 1 aromatic heterocycles. The SMILES string of the molecule is CCCCCCCC[n+]1ccn(C(=O)N(CCC)CCOc2c(Cl)cc(Cl)cc2Cl)c1.[Br-]. The molecule has 0 bridgehead atoms. The maximum absolute atomic E-state index is 13.0. The van der Waals surface area contributed by atoms with Gasteiger partial charge >= 0.3 is 6.03 Å². The highest BCUT2D eigenvalue weighted by atomic mass is 79.9. The highest BCUT2D eigenvalue weighted by molar-refractivity contribution is 6.40. The minimum atomic E-state index is -0.0690. The van der Waals surface area contributed by atoms with E-state index in [0.717, 1.165) is 19.4 Å². The van der Waals surface area contributed by atoms with E-state index in [-0.39, 0.29) is 29.6 Å². The molecular formula is C23H33BrCl3N3O2. The lowest BCUT2D eigenvalue weighted by Gasteiger charge is -2.20. The molecule has 1 heterocycles. The van der Waals surface area contributed by atoms with Gasteiger partial charge in [-0.2, -0.15) is 4.57 Å². The van der Waals surface area contributed by atoms with Crippen LogP contribution in [0.5, 0.6) is 5.75 Å². The van der Waals surface area contributed by atoms with Crippen molar-refractivity contribution in [2.75, 3.05) is 19.7 Å². The van der Waals surface area contributed by atoms with E-state index in [4.69, 9.17) is 39.5 Å². The van der Waals surface area contributed by atoms with Crippen molar-refractivity contribution < 1.29 is 31.1 Å². The van der Waals surface area contributed by atoms with Crippen LogP contribution in [0.2, 0.25) is 15.1 Å². The van der Waals surface area contributed by atoms with Crippen molar-refractivity contribution in [1.82, 2.24) is 9.47 Å². The fourth-order valence-electron chi connectivity index (χ4n) is 3.38. The molecule has 180 valence electrons. The van der Waals surface area contributed by atoms with E-state index in [1.807, 2.05) is 25.6 Å². The second kappa shape index (κ2) is 15.8. The quantitative estimate of drug-likeness (QED) is 0.272. The van der Waals surface area contributed by atoms with Crippen molar-refractivity contribution in [1.29, 1.82) is 0 Å². The Bertz CT molecular complexity index is 810. The molecule has 32 heavy (non-hydrogen) atoms. The number of rotatable bonds is 13. The van der Waals surface area contributed by atoms with Crippen LogP contribution in [0, 0.1) is 0 Å². The van der Waals surface area contributed by atoms with Crippen molar-refractivity contribution >= 4 is 40.8 Å². The number of unbranched alkanes of at least 4 members (excludes halogenated alkanes) is 5. The minimum Gasteiger partial charge on any atom is -1.00 e. The van der Waals surface area contributed by atoms with Gasteiger partial charge in [0.05, 0.1) is 23.1 Å². The molecular weight excluding hydrogens is 537 g/mol. The molecule has 0 unspecified atom stereocenters. The number of benzene rings is 1. The number of ether oxygens (including phenoxy) is 1. The molecule has 0 N–H and O–H groups in total. The van der Waals surface area contributed by atoms with E-state index in [1.54, 1.807) is 21.6 Å². The molecule has 9 heteroatoms. The number of carbonyl (C=O) groups is 1. The Hall–Kier alpha value is -0.950. The molecule has 1 amide bonds. The van der Waals surface area contributed by atoms with E-state index in [2.05, 4.69) is 11.5 Å². The van der Waals surface area contributed by atoms with Gasteiger partial charge in [-0.15, -0.1) is 0 Å². The first-order valence-electron chi connectivity index (χ1n) is 11.1.